The van der Waals surface area contributed by atoms with Crippen LogP contribution in [0, 0.1) is 0 Å². The van der Waals surface area contributed by atoms with E-state index in [0.29, 0.717) is 10.0 Å². The predicted molar refractivity (Wildman–Crippen MR) is 85.7 cm³/mol. The Kier molecular flexibility index (Phi) is 3.89. The number of benzene rings is 2. The maximum atomic E-state index is 12.7. The summed E-state index contributed by atoms with van der Waals surface area (Å²) in [5, 5.41) is 2.90. The third kappa shape index (κ3) is 2.77. The van der Waals surface area contributed by atoms with Crippen LogP contribution >= 0.6 is 23.2 Å². The fourth-order valence-corrected chi connectivity index (χ4v) is 2.84. The van der Waals surface area contributed by atoms with Crippen molar-refractivity contribution in [1.29, 1.82) is 0 Å². The molecule has 2 aromatic carbocycles. The Morgan fingerprint density at radius 3 is 2.05 bits per heavy atom. The second kappa shape index (κ2) is 5.68. The zero-order valence-electron chi connectivity index (χ0n) is 11.4. The lowest BCUT2D eigenvalue weighted by atomic mass is 9.93. The highest BCUT2D eigenvalue weighted by atomic mass is 35.5. The number of halogens is 2. The number of nitrogens with one attached hydrogen (secondary N) is 1. The Bertz CT molecular complexity index is 655. The first-order valence-corrected chi connectivity index (χ1v) is 7.43. The second-order valence-corrected chi connectivity index (χ2v) is 5.97. The number of hydrazine groups is 1. The van der Waals surface area contributed by atoms with Gasteiger partial charge in [-0.1, -0.05) is 35.3 Å². The highest BCUT2D eigenvalue weighted by Crippen LogP contribution is 2.31. The van der Waals surface area contributed by atoms with Crippen molar-refractivity contribution in [2.45, 2.75) is 18.9 Å². The zero-order chi connectivity index (χ0) is 15.0. The first kappa shape index (κ1) is 14.4. The summed E-state index contributed by atoms with van der Waals surface area (Å²) in [5.41, 5.74) is 4.95. The van der Waals surface area contributed by atoms with E-state index in [-0.39, 0.29) is 17.9 Å². The standard InChI is InChI=1S/C16H14Cl2N2O/c1-10-15(11-2-4-12(17)5-3-11)16(21)20(19-10)14-8-6-13(18)7-9-14/h2-10,15,19H,1H3. The number of rotatable bonds is 2. The van der Waals surface area contributed by atoms with Gasteiger partial charge in [-0.15, -0.1) is 0 Å². The molecule has 1 saturated heterocycles. The molecule has 3 rings (SSSR count). The van der Waals surface area contributed by atoms with E-state index in [4.69, 9.17) is 23.2 Å². The molecule has 1 amide bonds. The molecule has 2 aromatic rings. The third-order valence-electron chi connectivity index (χ3n) is 3.63. The van der Waals surface area contributed by atoms with Gasteiger partial charge in [-0.25, -0.2) is 10.4 Å². The highest BCUT2D eigenvalue weighted by molar-refractivity contribution is 6.30. The Morgan fingerprint density at radius 1 is 0.952 bits per heavy atom. The summed E-state index contributed by atoms with van der Waals surface area (Å²) >= 11 is 11.8. The quantitative estimate of drug-likeness (QED) is 0.906. The fraction of sp³-hybridized carbons (Fsp3) is 0.188. The molecule has 0 bridgehead atoms. The van der Waals surface area contributed by atoms with E-state index in [9.17, 15) is 4.79 Å². The molecule has 2 atom stereocenters. The zero-order valence-corrected chi connectivity index (χ0v) is 12.9. The number of amides is 1. The molecule has 0 aliphatic carbocycles. The number of hydrogen-bond acceptors (Lipinski definition) is 2. The Balaban J connectivity index is 1.90. The van der Waals surface area contributed by atoms with Gasteiger partial charge in [0.15, 0.2) is 0 Å². The number of carbonyl (C=O) groups is 1. The molecule has 2 unspecified atom stereocenters. The van der Waals surface area contributed by atoms with Gasteiger partial charge in [0, 0.05) is 16.1 Å². The van der Waals surface area contributed by atoms with Crippen LogP contribution in [-0.2, 0) is 4.79 Å². The summed E-state index contributed by atoms with van der Waals surface area (Å²) in [6.07, 6.45) is 0. The van der Waals surface area contributed by atoms with Crippen LogP contribution in [0.2, 0.25) is 10.0 Å². The predicted octanol–water partition coefficient (Wildman–Crippen LogP) is 4.02. The average Bonchev–Trinajstić information content (AvgIpc) is 2.76. The van der Waals surface area contributed by atoms with E-state index in [1.807, 2.05) is 43.3 Å². The van der Waals surface area contributed by atoms with Gasteiger partial charge in [-0.3, -0.25) is 4.79 Å². The van der Waals surface area contributed by atoms with Gasteiger partial charge in [0.05, 0.1) is 11.6 Å². The molecule has 0 aromatic heterocycles. The molecule has 0 spiro atoms. The third-order valence-corrected chi connectivity index (χ3v) is 4.14. The number of anilines is 1. The molecule has 1 aliphatic heterocycles. The van der Waals surface area contributed by atoms with Crippen molar-refractivity contribution in [3.05, 3.63) is 64.1 Å². The monoisotopic (exact) mass is 320 g/mol. The van der Waals surface area contributed by atoms with E-state index >= 15 is 0 Å². The number of hydrogen-bond donors (Lipinski definition) is 1. The molecule has 5 heteroatoms. The first-order chi connectivity index (χ1) is 10.1. The summed E-state index contributed by atoms with van der Waals surface area (Å²) in [4.78, 5) is 12.7. The van der Waals surface area contributed by atoms with Gasteiger partial charge in [-0.2, -0.15) is 0 Å². The summed E-state index contributed by atoms with van der Waals surface area (Å²) in [6.45, 7) is 1.99. The summed E-state index contributed by atoms with van der Waals surface area (Å²) in [7, 11) is 0. The molecule has 1 N–H and O–H groups in total. The lowest BCUT2D eigenvalue weighted by Gasteiger charge is -2.16. The molecule has 0 saturated carbocycles. The summed E-state index contributed by atoms with van der Waals surface area (Å²) < 4.78 is 0. The van der Waals surface area contributed by atoms with E-state index < -0.39 is 0 Å². The minimum atomic E-state index is -0.224. The molecular weight excluding hydrogens is 307 g/mol. The maximum Gasteiger partial charge on any atom is 0.250 e. The molecule has 108 valence electrons. The smallest absolute Gasteiger partial charge is 0.250 e. The largest absolute Gasteiger partial charge is 0.272 e. The number of carbonyl (C=O) groups excluding carboxylic acids is 1. The van der Waals surface area contributed by atoms with Crippen LogP contribution in [0.3, 0.4) is 0 Å². The van der Waals surface area contributed by atoms with Crippen LogP contribution < -0.4 is 10.4 Å². The molecule has 21 heavy (non-hydrogen) atoms. The van der Waals surface area contributed by atoms with Crippen molar-refractivity contribution in [1.82, 2.24) is 5.43 Å². The summed E-state index contributed by atoms with van der Waals surface area (Å²) in [6, 6.07) is 14.6. The lowest BCUT2D eigenvalue weighted by molar-refractivity contribution is -0.118. The van der Waals surface area contributed by atoms with E-state index in [1.165, 1.54) is 0 Å². The molecule has 0 radical (unpaired) electrons. The van der Waals surface area contributed by atoms with Gasteiger partial charge < -0.3 is 0 Å². The van der Waals surface area contributed by atoms with Crippen LogP contribution in [0.25, 0.3) is 0 Å². The SMILES string of the molecule is CC1NN(c2ccc(Cl)cc2)C(=O)C1c1ccc(Cl)cc1. The van der Waals surface area contributed by atoms with Crippen LogP contribution in [0.1, 0.15) is 18.4 Å². The molecular formula is C16H14Cl2N2O. The van der Waals surface area contributed by atoms with Crippen molar-refractivity contribution >= 4 is 34.8 Å². The van der Waals surface area contributed by atoms with Gasteiger partial charge in [0.2, 0.25) is 0 Å². The van der Waals surface area contributed by atoms with Gasteiger partial charge >= 0.3 is 0 Å². The van der Waals surface area contributed by atoms with E-state index in [1.54, 1.807) is 17.1 Å². The fourth-order valence-electron chi connectivity index (χ4n) is 2.59. The van der Waals surface area contributed by atoms with Crippen LogP contribution in [0.15, 0.2) is 48.5 Å². The molecule has 1 fully saturated rings. The lowest BCUT2D eigenvalue weighted by Crippen LogP contribution is -2.36. The molecule has 1 aliphatic rings. The van der Waals surface area contributed by atoms with Crippen molar-refractivity contribution in [2.75, 3.05) is 5.01 Å². The normalized spacial score (nSPS) is 21.9. The van der Waals surface area contributed by atoms with Crippen molar-refractivity contribution < 1.29 is 4.79 Å². The van der Waals surface area contributed by atoms with Crippen molar-refractivity contribution in [3.8, 4) is 0 Å². The number of nitrogens with zero attached hydrogens (tertiary/aromatic N) is 1. The maximum absolute atomic E-state index is 12.7. The first-order valence-electron chi connectivity index (χ1n) is 6.67. The second-order valence-electron chi connectivity index (χ2n) is 5.10. The Labute approximate surface area is 133 Å². The topological polar surface area (TPSA) is 32.3 Å². The van der Waals surface area contributed by atoms with Crippen LogP contribution in [-0.4, -0.2) is 11.9 Å². The van der Waals surface area contributed by atoms with Gasteiger partial charge in [0.1, 0.15) is 0 Å². The van der Waals surface area contributed by atoms with Gasteiger partial charge in [-0.05, 0) is 48.9 Å². The van der Waals surface area contributed by atoms with Crippen LogP contribution in [0.4, 0.5) is 5.69 Å². The minimum absolute atomic E-state index is 0.00866. The summed E-state index contributed by atoms with van der Waals surface area (Å²) in [5.74, 6) is -0.204. The Morgan fingerprint density at radius 2 is 1.48 bits per heavy atom. The van der Waals surface area contributed by atoms with Gasteiger partial charge in [0.25, 0.3) is 5.91 Å². The highest BCUT2D eigenvalue weighted by Gasteiger charge is 2.39. The Hall–Kier alpha value is -1.55. The molecule has 3 nitrogen and oxygen atoms in total. The average molecular weight is 321 g/mol. The van der Waals surface area contributed by atoms with E-state index in [0.717, 1.165) is 11.3 Å². The van der Waals surface area contributed by atoms with Crippen molar-refractivity contribution in [3.63, 3.8) is 0 Å². The van der Waals surface area contributed by atoms with E-state index in [2.05, 4.69) is 5.43 Å². The molecule has 1 heterocycles. The van der Waals surface area contributed by atoms with Crippen molar-refractivity contribution in [2.24, 2.45) is 0 Å². The minimum Gasteiger partial charge on any atom is -0.272 e. The van der Waals surface area contributed by atoms with Crippen LogP contribution in [0.5, 0.6) is 0 Å².